The van der Waals surface area contributed by atoms with Gasteiger partial charge in [-0.3, -0.25) is 30.6 Å². The zero-order valence-corrected chi connectivity index (χ0v) is 16.9. The number of carbonyl (C=O) groups is 3. The summed E-state index contributed by atoms with van der Waals surface area (Å²) in [6, 6.07) is 18.5. The first kappa shape index (κ1) is 21.5. The van der Waals surface area contributed by atoms with Crippen LogP contribution < -0.4 is 21.5 Å². The molecule has 0 spiro atoms. The van der Waals surface area contributed by atoms with Crippen molar-refractivity contribution in [2.45, 2.75) is 0 Å². The second kappa shape index (κ2) is 10.5. The Hall–Kier alpha value is -4.24. The number of nitrogens with one attached hydrogen (secondary N) is 4. The highest BCUT2D eigenvalue weighted by Gasteiger charge is 2.09. The van der Waals surface area contributed by atoms with Gasteiger partial charge in [-0.25, -0.2) is 0 Å². The fourth-order valence-corrected chi connectivity index (χ4v) is 2.56. The average Bonchev–Trinajstić information content (AvgIpc) is 3.31. The quantitative estimate of drug-likeness (QED) is 0.279. The van der Waals surface area contributed by atoms with Gasteiger partial charge in [0.25, 0.3) is 11.8 Å². The number of hydrazine groups is 1. The third kappa shape index (κ3) is 6.65. The maximum absolute atomic E-state index is 12.2. The molecule has 3 rings (SSSR count). The van der Waals surface area contributed by atoms with E-state index in [0.717, 1.165) is 0 Å². The Morgan fingerprint density at radius 1 is 0.806 bits per heavy atom. The molecule has 9 heteroatoms. The van der Waals surface area contributed by atoms with Gasteiger partial charge in [0, 0.05) is 22.9 Å². The summed E-state index contributed by atoms with van der Waals surface area (Å²) in [5, 5.41) is 5.06. The Bertz CT molecular complexity index is 1090. The van der Waals surface area contributed by atoms with Crippen LogP contribution in [0.1, 0.15) is 26.5 Å². The van der Waals surface area contributed by atoms with Gasteiger partial charge in [-0.15, -0.1) is 0 Å². The van der Waals surface area contributed by atoms with Crippen molar-refractivity contribution >= 4 is 46.8 Å². The standard InChI is InChI=1S/C22H18N4O4S/c27-19(13-12-18-7-4-14-30-18)24-22(31)26-25-21(29)16-8-10-17(11-9-16)23-20(28)15-5-2-1-3-6-15/h1-14H,(H,23,28)(H,25,29)(H2,24,26,27,31)/b13-12+. The van der Waals surface area contributed by atoms with E-state index >= 15 is 0 Å². The third-order valence-corrected chi connectivity index (χ3v) is 4.11. The van der Waals surface area contributed by atoms with Crippen LogP contribution in [0.5, 0.6) is 0 Å². The van der Waals surface area contributed by atoms with E-state index in [4.69, 9.17) is 16.6 Å². The predicted octanol–water partition coefficient (Wildman–Crippen LogP) is 2.88. The summed E-state index contributed by atoms with van der Waals surface area (Å²) in [5.41, 5.74) is 6.24. The van der Waals surface area contributed by atoms with Crippen molar-refractivity contribution in [3.05, 3.63) is 96.0 Å². The first-order valence-electron chi connectivity index (χ1n) is 9.10. The number of hydrogen-bond acceptors (Lipinski definition) is 5. The van der Waals surface area contributed by atoms with Crippen LogP contribution in [-0.2, 0) is 4.79 Å². The molecule has 156 valence electrons. The largest absolute Gasteiger partial charge is 0.465 e. The monoisotopic (exact) mass is 434 g/mol. The van der Waals surface area contributed by atoms with Crippen molar-refractivity contribution in [3.63, 3.8) is 0 Å². The number of carbonyl (C=O) groups excluding carboxylic acids is 3. The number of hydrogen-bond donors (Lipinski definition) is 4. The van der Waals surface area contributed by atoms with Crippen LogP contribution in [0.3, 0.4) is 0 Å². The van der Waals surface area contributed by atoms with Crippen LogP contribution in [0.4, 0.5) is 5.69 Å². The number of thiocarbonyl (C=S) groups is 1. The highest BCUT2D eigenvalue weighted by atomic mass is 32.1. The Morgan fingerprint density at radius 3 is 2.19 bits per heavy atom. The van der Waals surface area contributed by atoms with Gasteiger partial charge in [-0.2, -0.15) is 0 Å². The lowest BCUT2D eigenvalue weighted by Crippen LogP contribution is -2.48. The van der Waals surface area contributed by atoms with Gasteiger partial charge < -0.3 is 9.73 Å². The molecule has 0 unspecified atom stereocenters. The number of rotatable bonds is 5. The molecule has 1 heterocycles. The van der Waals surface area contributed by atoms with Crippen molar-refractivity contribution < 1.29 is 18.8 Å². The molecule has 0 radical (unpaired) electrons. The highest BCUT2D eigenvalue weighted by molar-refractivity contribution is 7.80. The lowest BCUT2D eigenvalue weighted by Gasteiger charge is -2.10. The van der Waals surface area contributed by atoms with E-state index in [1.165, 1.54) is 18.4 Å². The summed E-state index contributed by atoms with van der Waals surface area (Å²) in [7, 11) is 0. The Kier molecular flexibility index (Phi) is 7.28. The zero-order chi connectivity index (χ0) is 22.1. The van der Waals surface area contributed by atoms with Crippen molar-refractivity contribution in [1.82, 2.24) is 16.2 Å². The van der Waals surface area contributed by atoms with E-state index in [1.807, 2.05) is 6.07 Å². The summed E-state index contributed by atoms with van der Waals surface area (Å²) >= 11 is 4.96. The molecule has 3 amide bonds. The lowest BCUT2D eigenvalue weighted by atomic mass is 10.2. The summed E-state index contributed by atoms with van der Waals surface area (Å²) in [6.45, 7) is 0. The minimum Gasteiger partial charge on any atom is -0.465 e. The molecule has 0 atom stereocenters. The minimum atomic E-state index is -0.485. The van der Waals surface area contributed by atoms with E-state index in [2.05, 4.69) is 21.5 Å². The SMILES string of the molecule is O=C(/C=C/c1ccco1)NC(=S)NNC(=O)c1ccc(NC(=O)c2ccccc2)cc1. The van der Waals surface area contributed by atoms with Crippen LogP contribution in [0, 0.1) is 0 Å². The average molecular weight is 434 g/mol. The molecule has 2 aromatic carbocycles. The van der Waals surface area contributed by atoms with E-state index < -0.39 is 11.8 Å². The lowest BCUT2D eigenvalue weighted by molar-refractivity contribution is -0.115. The molecule has 3 aromatic rings. The Labute approximate surface area is 183 Å². The summed E-state index contributed by atoms with van der Waals surface area (Å²) < 4.78 is 5.07. The molecule has 0 aliphatic carbocycles. The van der Waals surface area contributed by atoms with Crippen LogP contribution in [0.15, 0.2) is 83.5 Å². The summed E-state index contributed by atoms with van der Waals surface area (Å²) in [4.78, 5) is 36.1. The van der Waals surface area contributed by atoms with Crippen LogP contribution in [0.2, 0.25) is 0 Å². The molecule has 0 fully saturated rings. The smallest absolute Gasteiger partial charge is 0.269 e. The maximum Gasteiger partial charge on any atom is 0.269 e. The minimum absolute atomic E-state index is 0.0748. The second-order valence-electron chi connectivity index (χ2n) is 6.14. The highest BCUT2D eigenvalue weighted by Crippen LogP contribution is 2.11. The van der Waals surface area contributed by atoms with Crippen molar-refractivity contribution in [2.24, 2.45) is 0 Å². The topological polar surface area (TPSA) is 112 Å². The van der Waals surface area contributed by atoms with Gasteiger partial charge in [0.2, 0.25) is 5.91 Å². The number of amides is 3. The number of furan rings is 1. The van der Waals surface area contributed by atoms with Crippen molar-refractivity contribution in [1.29, 1.82) is 0 Å². The van der Waals surface area contributed by atoms with Gasteiger partial charge in [0.15, 0.2) is 5.11 Å². The molecule has 31 heavy (non-hydrogen) atoms. The molecular weight excluding hydrogens is 416 g/mol. The zero-order valence-electron chi connectivity index (χ0n) is 16.1. The molecule has 1 aromatic heterocycles. The van der Waals surface area contributed by atoms with Gasteiger partial charge in [-0.1, -0.05) is 18.2 Å². The van der Waals surface area contributed by atoms with E-state index in [-0.39, 0.29) is 11.0 Å². The van der Waals surface area contributed by atoms with Gasteiger partial charge in [-0.05, 0) is 66.8 Å². The molecular formula is C22H18N4O4S. The van der Waals surface area contributed by atoms with Gasteiger partial charge in [0.05, 0.1) is 6.26 Å². The summed E-state index contributed by atoms with van der Waals surface area (Å²) in [6.07, 6.45) is 4.22. The molecule has 0 aliphatic rings. The van der Waals surface area contributed by atoms with Gasteiger partial charge in [0.1, 0.15) is 5.76 Å². The van der Waals surface area contributed by atoms with Crippen LogP contribution >= 0.6 is 12.2 Å². The van der Waals surface area contributed by atoms with Crippen LogP contribution in [-0.4, -0.2) is 22.8 Å². The van der Waals surface area contributed by atoms with Gasteiger partial charge >= 0.3 is 0 Å². The first-order chi connectivity index (χ1) is 15.0. The molecule has 0 bridgehead atoms. The van der Waals surface area contributed by atoms with Crippen molar-refractivity contribution in [3.8, 4) is 0 Å². The fraction of sp³-hybridized carbons (Fsp3) is 0. The Balaban J connectivity index is 1.45. The molecule has 0 aliphatic heterocycles. The van der Waals surface area contributed by atoms with Crippen LogP contribution in [0.25, 0.3) is 6.08 Å². The normalized spacial score (nSPS) is 10.3. The molecule has 8 nitrogen and oxygen atoms in total. The van der Waals surface area contributed by atoms with E-state index in [1.54, 1.807) is 60.7 Å². The third-order valence-electron chi connectivity index (χ3n) is 3.91. The van der Waals surface area contributed by atoms with Crippen molar-refractivity contribution in [2.75, 3.05) is 5.32 Å². The molecule has 0 saturated heterocycles. The van der Waals surface area contributed by atoms with E-state index in [9.17, 15) is 14.4 Å². The summed E-state index contributed by atoms with van der Waals surface area (Å²) in [5.74, 6) is -0.683. The van der Waals surface area contributed by atoms with E-state index in [0.29, 0.717) is 22.6 Å². The predicted molar refractivity (Wildman–Crippen MR) is 120 cm³/mol. The fourth-order valence-electron chi connectivity index (χ4n) is 2.41. The number of anilines is 1. The number of benzene rings is 2. The second-order valence-corrected chi connectivity index (χ2v) is 6.55. The molecule has 0 saturated carbocycles. The molecule has 4 N–H and O–H groups in total. The Morgan fingerprint density at radius 2 is 1.52 bits per heavy atom. The maximum atomic E-state index is 12.2. The first-order valence-corrected chi connectivity index (χ1v) is 9.51.